The number of hydrogen-bond acceptors (Lipinski definition) is 2. The molecular weight excluding hydrogens is 617 g/mol. The van der Waals surface area contributed by atoms with Crippen molar-refractivity contribution in [2.75, 3.05) is 9.80 Å². The van der Waals surface area contributed by atoms with E-state index in [0.717, 1.165) is 0 Å². The zero-order chi connectivity index (χ0) is 35.7. The first-order chi connectivity index (χ1) is 24.5. The van der Waals surface area contributed by atoms with E-state index in [9.17, 15) is 0 Å². The maximum absolute atomic E-state index is 2.60. The van der Waals surface area contributed by atoms with Gasteiger partial charge in [0.05, 0.1) is 11.7 Å². The first-order valence-electron chi connectivity index (χ1n) is 18.4. The summed E-state index contributed by atoms with van der Waals surface area (Å²) in [4.78, 5) is 5.06. The average molecular weight is 665 g/mol. The molecule has 0 heterocycles. The van der Waals surface area contributed by atoms with Gasteiger partial charge in [-0.1, -0.05) is 84.8 Å². The van der Waals surface area contributed by atoms with Crippen LogP contribution in [0.25, 0.3) is 32.3 Å². The number of benzene rings is 7. The van der Waals surface area contributed by atoms with Gasteiger partial charge in [0.15, 0.2) is 0 Å². The van der Waals surface area contributed by atoms with Gasteiger partial charge in [-0.05, 0) is 165 Å². The molecule has 51 heavy (non-hydrogen) atoms. The minimum Gasteiger partial charge on any atom is -0.333 e. The molecule has 1 aliphatic carbocycles. The van der Waals surface area contributed by atoms with E-state index in [1.165, 1.54) is 105 Å². The van der Waals surface area contributed by atoms with Crippen LogP contribution in [0.15, 0.2) is 126 Å². The van der Waals surface area contributed by atoms with Crippen LogP contribution < -0.4 is 9.80 Å². The third kappa shape index (κ3) is 5.49. The molecule has 0 saturated carbocycles. The van der Waals surface area contributed by atoms with Crippen molar-refractivity contribution < 1.29 is 0 Å². The lowest BCUT2D eigenvalue weighted by Gasteiger charge is -2.38. The number of hydrogen-bond donors (Lipinski definition) is 0. The Hall–Kier alpha value is -5.34. The second-order valence-corrected chi connectivity index (χ2v) is 15.2. The molecule has 2 nitrogen and oxygen atoms in total. The van der Waals surface area contributed by atoms with Crippen molar-refractivity contribution in [3.63, 3.8) is 0 Å². The van der Waals surface area contributed by atoms with E-state index >= 15 is 0 Å². The van der Waals surface area contributed by atoms with Crippen LogP contribution in [0.4, 0.5) is 28.4 Å². The van der Waals surface area contributed by atoms with E-state index in [-0.39, 0.29) is 6.04 Å². The van der Waals surface area contributed by atoms with Crippen molar-refractivity contribution in [2.24, 2.45) is 5.92 Å². The fourth-order valence-electron chi connectivity index (χ4n) is 8.15. The number of anilines is 5. The molecule has 0 N–H and O–H groups in total. The molecule has 0 fully saturated rings. The molecule has 0 spiro atoms. The van der Waals surface area contributed by atoms with Gasteiger partial charge >= 0.3 is 0 Å². The lowest BCUT2D eigenvalue weighted by atomic mass is 9.86. The minimum absolute atomic E-state index is 0.190. The summed E-state index contributed by atoms with van der Waals surface area (Å²) in [7, 11) is 0. The van der Waals surface area contributed by atoms with Crippen LogP contribution in [0.2, 0.25) is 0 Å². The minimum atomic E-state index is 0.190. The van der Waals surface area contributed by atoms with E-state index in [4.69, 9.17) is 0 Å². The van der Waals surface area contributed by atoms with Crippen LogP contribution >= 0.6 is 0 Å². The summed E-state index contributed by atoms with van der Waals surface area (Å²) in [6, 6.07) is 39.6. The first-order valence-corrected chi connectivity index (χ1v) is 18.4. The average Bonchev–Trinajstić information content (AvgIpc) is 3.11. The maximum Gasteiger partial charge on any atom is 0.0588 e. The Kier molecular flexibility index (Phi) is 8.02. The predicted molar refractivity (Wildman–Crippen MR) is 222 cm³/mol. The Morgan fingerprint density at radius 2 is 0.843 bits per heavy atom. The molecule has 0 saturated heterocycles. The fraction of sp³-hybridized carbons (Fsp3) is 0.224. The lowest BCUT2D eigenvalue weighted by molar-refractivity contribution is 0.601. The molecule has 1 aliphatic rings. The largest absolute Gasteiger partial charge is 0.333 e. The molecule has 7 aromatic carbocycles. The topological polar surface area (TPSA) is 6.48 Å². The van der Waals surface area contributed by atoms with Crippen LogP contribution in [-0.2, 0) is 0 Å². The second-order valence-electron chi connectivity index (χ2n) is 15.2. The van der Waals surface area contributed by atoms with E-state index in [1.54, 1.807) is 0 Å². The van der Waals surface area contributed by atoms with Crippen LogP contribution in [0.5, 0.6) is 0 Å². The van der Waals surface area contributed by atoms with Gasteiger partial charge in [-0.25, -0.2) is 0 Å². The summed E-state index contributed by atoms with van der Waals surface area (Å²) in [6.45, 7) is 20.1. The van der Waals surface area contributed by atoms with Crippen molar-refractivity contribution in [1.82, 2.24) is 0 Å². The van der Waals surface area contributed by atoms with Gasteiger partial charge in [0.2, 0.25) is 0 Å². The molecular formula is C49H48N2. The van der Waals surface area contributed by atoms with E-state index < -0.39 is 0 Å². The number of aryl methyl sites for hydroxylation is 6. The molecule has 8 rings (SSSR count). The summed E-state index contributed by atoms with van der Waals surface area (Å²) in [6.07, 6.45) is 4.93. The Bertz CT molecular complexity index is 2500. The van der Waals surface area contributed by atoms with Gasteiger partial charge in [0.1, 0.15) is 0 Å². The van der Waals surface area contributed by atoms with Gasteiger partial charge in [-0.2, -0.15) is 0 Å². The Morgan fingerprint density at radius 1 is 0.412 bits per heavy atom. The third-order valence-electron chi connectivity index (χ3n) is 11.8. The van der Waals surface area contributed by atoms with Crippen LogP contribution in [0.3, 0.4) is 0 Å². The Labute approximate surface area is 303 Å². The highest BCUT2D eigenvalue weighted by molar-refractivity contribution is 6.28. The number of allylic oxidation sites excluding steroid dienone is 2. The van der Waals surface area contributed by atoms with Gasteiger partial charge in [-0.3, -0.25) is 0 Å². The highest BCUT2D eigenvalue weighted by Crippen LogP contribution is 2.47. The molecule has 2 atom stereocenters. The van der Waals surface area contributed by atoms with Crippen LogP contribution in [0, 0.1) is 47.5 Å². The third-order valence-corrected chi connectivity index (χ3v) is 11.8. The van der Waals surface area contributed by atoms with Gasteiger partial charge in [-0.15, -0.1) is 0 Å². The zero-order valence-corrected chi connectivity index (χ0v) is 31.5. The van der Waals surface area contributed by atoms with Crippen molar-refractivity contribution in [2.45, 2.75) is 68.4 Å². The highest BCUT2D eigenvalue weighted by Gasteiger charge is 2.29. The fourth-order valence-corrected chi connectivity index (χ4v) is 8.15. The molecule has 2 heteroatoms. The van der Waals surface area contributed by atoms with Crippen LogP contribution in [0.1, 0.15) is 54.2 Å². The monoisotopic (exact) mass is 664 g/mol. The zero-order valence-electron chi connectivity index (χ0n) is 31.5. The summed E-state index contributed by atoms with van der Waals surface area (Å²) in [5.74, 6) is 0.352. The maximum atomic E-state index is 2.60. The van der Waals surface area contributed by atoms with Gasteiger partial charge < -0.3 is 9.80 Å². The molecule has 0 bridgehead atoms. The van der Waals surface area contributed by atoms with Crippen molar-refractivity contribution in [3.8, 4) is 0 Å². The van der Waals surface area contributed by atoms with Gasteiger partial charge in [0, 0.05) is 33.5 Å². The SMILES string of the molecule is CC1=CC(C)C(N(c2ccc(C)c(C)c2)c2ccc3ccc4c(N(c5ccc(C)c(C)c5)c5ccc(C)c(C)c5)ccc5ccc2c3c54)C=C1C. The van der Waals surface area contributed by atoms with Crippen molar-refractivity contribution in [1.29, 1.82) is 0 Å². The van der Waals surface area contributed by atoms with E-state index in [2.05, 4.69) is 187 Å². The summed E-state index contributed by atoms with van der Waals surface area (Å²) >= 11 is 0. The Balaban J connectivity index is 1.40. The molecule has 0 amide bonds. The molecule has 2 unspecified atom stereocenters. The summed E-state index contributed by atoms with van der Waals surface area (Å²) < 4.78 is 0. The smallest absolute Gasteiger partial charge is 0.0588 e. The second kappa shape index (κ2) is 12.5. The van der Waals surface area contributed by atoms with Gasteiger partial charge in [0.25, 0.3) is 0 Å². The molecule has 7 aromatic rings. The predicted octanol–water partition coefficient (Wildman–Crippen LogP) is 14.0. The van der Waals surface area contributed by atoms with Crippen molar-refractivity contribution >= 4 is 60.8 Å². The first kappa shape index (κ1) is 32.8. The van der Waals surface area contributed by atoms with Crippen molar-refractivity contribution in [3.05, 3.63) is 160 Å². The lowest BCUT2D eigenvalue weighted by Crippen LogP contribution is -2.36. The molecule has 0 aliphatic heterocycles. The summed E-state index contributed by atoms with van der Waals surface area (Å²) in [5, 5.41) is 7.73. The number of nitrogens with zero attached hydrogens (tertiary/aromatic N) is 2. The van der Waals surface area contributed by atoms with Crippen LogP contribution in [-0.4, -0.2) is 6.04 Å². The molecule has 254 valence electrons. The molecule has 0 aromatic heterocycles. The van der Waals surface area contributed by atoms with E-state index in [1.807, 2.05) is 0 Å². The van der Waals surface area contributed by atoms with E-state index in [0.29, 0.717) is 5.92 Å². The quantitative estimate of drug-likeness (QED) is 0.163. The molecule has 0 radical (unpaired) electrons. The normalized spacial score (nSPS) is 16.2. The summed E-state index contributed by atoms with van der Waals surface area (Å²) in [5.41, 5.74) is 16.6. The standard InChI is InChI=1S/C49H48N2/c1-29-10-17-40(25-33(29)5)50(41-18-11-30(2)34(6)26-41)45-22-15-38-14-21-44-46(23-16-39-13-20-43(45)48(38)49(39)44)51(42-19-12-31(3)35(7)27-42)47-28-36(8)32(4)24-37(47)9/h10-28,37,47H,1-9H3. The Morgan fingerprint density at radius 3 is 1.37 bits per heavy atom. The number of rotatable bonds is 6. The highest BCUT2D eigenvalue weighted by atomic mass is 15.2.